The van der Waals surface area contributed by atoms with Crippen LogP contribution in [0.4, 0.5) is 0 Å². The number of hydrogen-bond donors (Lipinski definition) is 1. The molecule has 1 atom stereocenters. The molecule has 0 saturated heterocycles. The van der Waals surface area contributed by atoms with Crippen LogP contribution < -0.4 is 10.5 Å². The Balaban J connectivity index is 3.11. The van der Waals surface area contributed by atoms with Crippen molar-refractivity contribution in [3.63, 3.8) is 0 Å². The summed E-state index contributed by atoms with van der Waals surface area (Å²) in [6.45, 7) is 2.70. The Morgan fingerprint density at radius 1 is 1.40 bits per heavy atom. The van der Waals surface area contributed by atoms with E-state index in [-0.39, 0.29) is 5.92 Å². The highest BCUT2D eigenvalue weighted by Gasteiger charge is 2.14. The van der Waals surface area contributed by atoms with Crippen LogP contribution in [-0.4, -0.2) is 13.7 Å². The van der Waals surface area contributed by atoms with Crippen LogP contribution in [0.2, 0.25) is 10.0 Å². The number of benzene rings is 1. The molecule has 1 unspecified atom stereocenters. The molecule has 0 aliphatic carbocycles. The summed E-state index contributed by atoms with van der Waals surface area (Å²) in [6.07, 6.45) is 0.878. The fraction of sp³-hybridized carbons (Fsp3) is 0.455. The molecule has 0 heterocycles. The minimum Gasteiger partial charge on any atom is -0.495 e. The lowest BCUT2D eigenvalue weighted by Gasteiger charge is -2.15. The van der Waals surface area contributed by atoms with Crippen molar-refractivity contribution in [3.8, 4) is 5.75 Å². The number of rotatable bonds is 4. The topological polar surface area (TPSA) is 35.2 Å². The summed E-state index contributed by atoms with van der Waals surface area (Å²) in [5.41, 5.74) is 6.51. The third kappa shape index (κ3) is 3.00. The van der Waals surface area contributed by atoms with Gasteiger partial charge in [0.15, 0.2) is 0 Å². The van der Waals surface area contributed by atoms with E-state index in [0.717, 1.165) is 12.0 Å². The largest absolute Gasteiger partial charge is 0.495 e. The zero-order valence-corrected chi connectivity index (χ0v) is 10.4. The first-order valence-electron chi connectivity index (χ1n) is 4.83. The molecule has 1 rings (SSSR count). The van der Waals surface area contributed by atoms with Crippen molar-refractivity contribution < 1.29 is 4.74 Å². The summed E-state index contributed by atoms with van der Waals surface area (Å²) in [5.74, 6) is 0.901. The van der Waals surface area contributed by atoms with Gasteiger partial charge in [0, 0.05) is 11.1 Å². The van der Waals surface area contributed by atoms with Crippen LogP contribution in [0.3, 0.4) is 0 Å². The molecule has 0 bridgehead atoms. The van der Waals surface area contributed by atoms with Gasteiger partial charge in [-0.2, -0.15) is 0 Å². The molecule has 15 heavy (non-hydrogen) atoms. The zero-order valence-electron chi connectivity index (χ0n) is 8.89. The second-order valence-electron chi connectivity index (χ2n) is 3.49. The van der Waals surface area contributed by atoms with Gasteiger partial charge in [-0.3, -0.25) is 0 Å². The van der Waals surface area contributed by atoms with Crippen molar-refractivity contribution in [1.82, 2.24) is 0 Å². The molecule has 1 aromatic rings. The van der Waals surface area contributed by atoms with Gasteiger partial charge in [-0.05, 0) is 30.5 Å². The van der Waals surface area contributed by atoms with Crippen LogP contribution in [-0.2, 0) is 0 Å². The molecule has 0 aromatic heterocycles. The van der Waals surface area contributed by atoms with Gasteiger partial charge in [-0.15, -0.1) is 0 Å². The molecule has 2 N–H and O–H groups in total. The molecule has 1 aromatic carbocycles. The highest BCUT2D eigenvalue weighted by atomic mass is 35.5. The van der Waals surface area contributed by atoms with Gasteiger partial charge in [-0.1, -0.05) is 30.1 Å². The molecule has 4 heteroatoms. The Labute approximate surface area is 100 Å². The van der Waals surface area contributed by atoms with Crippen LogP contribution >= 0.6 is 23.2 Å². The van der Waals surface area contributed by atoms with Crippen molar-refractivity contribution in [1.29, 1.82) is 0 Å². The number of ether oxygens (including phenoxy) is 1. The first-order valence-corrected chi connectivity index (χ1v) is 5.58. The zero-order chi connectivity index (χ0) is 11.4. The van der Waals surface area contributed by atoms with E-state index in [4.69, 9.17) is 33.7 Å². The van der Waals surface area contributed by atoms with Gasteiger partial charge >= 0.3 is 0 Å². The summed E-state index contributed by atoms with van der Waals surface area (Å²) in [6, 6.07) is 3.58. The van der Waals surface area contributed by atoms with Gasteiger partial charge < -0.3 is 10.5 Å². The number of methoxy groups -OCH3 is 1. The van der Waals surface area contributed by atoms with E-state index in [1.807, 2.05) is 6.07 Å². The van der Waals surface area contributed by atoms with Gasteiger partial charge in [0.25, 0.3) is 0 Å². The maximum atomic E-state index is 6.19. The van der Waals surface area contributed by atoms with Crippen LogP contribution in [0, 0.1) is 0 Å². The Hall–Kier alpha value is -0.440. The van der Waals surface area contributed by atoms with Crippen molar-refractivity contribution in [2.24, 2.45) is 5.73 Å². The minimum absolute atomic E-state index is 0.287. The van der Waals surface area contributed by atoms with Gasteiger partial charge in [-0.25, -0.2) is 0 Å². The highest BCUT2D eigenvalue weighted by molar-refractivity contribution is 6.35. The summed E-state index contributed by atoms with van der Waals surface area (Å²) in [4.78, 5) is 0. The molecule has 0 saturated carbocycles. The molecule has 0 spiro atoms. The summed E-state index contributed by atoms with van der Waals surface area (Å²) in [5, 5.41) is 1.26. The third-order valence-electron chi connectivity index (χ3n) is 2.38. The summed E-state index contributed by atoms with van der Waals surface area (Å²) < 4.78 is 5.15. The maximum absolute atomic E-state index is 6.19. The molecule has 2 nitrogen and oxygen atoms in total. The Morgan fingerprint density at radius 3 is 2.60 bits per heavy atom. The van der Waals surface area contributed by atoms with E-state index < -0.39 is 0 Å². The van der Waals surface area contributed by atoms with Crippen LogP contribution in [0.5, 0.6) is 5.75 Å². The molecular formula is C11H15Cl2NO. The molecule has 0 aliphatic heterocycles. The predicted octanol–water partition coefficient (Wildman–Crippen LogP) is 3.45. The van der Waals surface area contributed by atoms with Crippen molar-refractivity contribution in [3.05, 3.63) is 27.7 Å². The standard InChI is InChI=1S/C11H15Cl2NO/c1-7(3-4-14)9-5-8(12)6-10(15-2)11(9)13/h5-7H,3-4,14H2,1-2H3. The summed E-state index contributed by atoms with van der Waals surface area (Å²) >= 11 is 12.2. The van der Waals surface area contributed by atoms with Crippen molar-refractivity contribution >= 4 is 23.2 Å². The number of nitrogens with two attached hydrogens (primary N) is 1. The monoisotopic (exact) mass is 247 g/mol. The lowest BCUT2D eigenvalue weighted by Crippen LogP contribution is -2.05. The maximum Gasteiger partial charge on any atom is 0.139 e. The van der Waals surface area contributed by atoms with Crippen molar-refractivity contribution in [2.75, 3.05) is 13.7 Å². The van der Waals surface area contributed by atoms with E-state index in [0.29, 0.717) is 22.3 Å². The quantitative estimate of drug-likeness (QED) is 0.885. The second-order valence-corrected chi connectivity index (χ2v) is 4.30. The molecule has 0 radical (unpaired) electrons. The van der Waals surface area contributed by atoms with E-state index >= 15 is 0 Å². The second kappa shape index (κ2) is 5.59. The first-order chi connectivity index (χ1) is 7.10. The Morgan fingerprint density at radius 2 is 2.07 bits per heavy atom. The number of hydrogen-bond acceptors (Lipinski definition) is 2. The minimum atomic E-state index is 0.287. The molecule has 0 aliphatic rings. The third-order valence-corrected chi connectivity index (χ3v) is 3.01. The fourth-order valence-corrected chi connectivity index (χ4v) is 2.09. The van der Waals surface area contributed by atoms with Gasteiger partial charge in [0.05, 0.1) is 12.1 Å². The van der Waals surface area contributed by atoms with E-state index in [2.05, 4.69) is 6.92 Å². The van der Waals surface area contributed by atoms with Crippen molar-refractivity contribution in [2.45, 2.75) is 19.3 Å². The SMILES string of the molecule is COc1cc(Cl)cc(C(C)CCN)c1Cl. The molecular weight excluding hydrogens is 233 g/mol. The van der Waals surface area contributed by atoms with Gasteiger partial charge in [0.2, 0.25) is 0 Å². The normalized spacial score (nSPS) is 12.6. The Kier molecular flexibility index (Phi) is 4.71. The molecule has 0 fully saturated rings. The fourth-order valence-electron chi connectivity index (χ4n) is 1.50. The van der Waals surface area contributed by atoms with E-state index in [9.17, 15) is 0 Å². The highest BCUT2D eigenvalue weighted by Crippen LogP contribution is 2.36. The van der Waals surface area contributed by atoms with Gasteiger partial charge in [0.1, 0.15) is 5.75 Å². The number of halogens is 2. The van der Waals surface area contributed by atoms with Crippen LogP contribution in [0.25, 0.3) is 0 Å². The first kappa shape index (κ1) is 12.6. The van der Waals surface area contributed by atoms with Crippen LogP contribution in [0.15, 0.2) is 12.1 Å². The van der Waals surface area contributed by atoms with E-state index in [1.54, 1.807) is 13.2 Å². The molecule has 84 valence electrons. The van der Waals surface area contributed by atoms with Crippen LogP contribution in [0.1, 0.15) is 24.8 Å². The lowest BCUT2D eigenvalue weighted by molar-refractivity contribution is 0.414. The average molecular weight is 248 g/mol. The van der Waals surface area contributed by atoms with E-state index in [1.165, 1.54) is 0 Å². The predicted molar refractivity (Wildman–Crippen MR) is 65.1 cm³/mol. The smallest absolute Gasteiger partial charge is 0.139 e. The Bertz CT molecular complexity index is 342. The summed E-state index contributed by atoms with van der Waals surface area (Å²) in [7, 11) is 1.58. The molecule has 0 amide bonds. The lowest BCUT2D eigenvalue weighted by atomic mass is 9.97. The average Bonchev–Trinajstić information content (AvgIpc) is 2.21.